The molecule has 0 N–H and O–H groups in total. The topological polar surface area (TPSA) is 20.3 Å². The van der Waals surface area contributed by atoms with Crippen LogP contribution in [-0.4, -0.2) is 22.7 Å². The van der Waals surface area contributed by atoms with Crippen molar-refractivity contribution in [3.63, 3.8) is 0 Å². The van der Waals surface area contributed by atoms with Crippen molar-refractivity contribution in [2.45, 2.75) is 6.54 Å². The van der Waals surface area contributed by atoms with E-state index < -0.39 is 0 Å². The Balaban J connectivity index is 2.22. The van der Waals surface area contributed by atoms with Gasteiger partial charge in [-0.1, -0.05) is 78.1 Å². The monoisotopic (exact) mass is 473 g/mol. The maximum Gasteiger partial charge on any atom is 0.254 e. The van der Waals surface area contributed by atoms with Crippen molar-refractivity contribution in [1.29, 1.82) is 0 Å². The number of rotatable bonds is 5. The number of halogens is 3. The van der Waals surface area contributed by atoms with E-state index in [9.17, 15) is 4.79 Å². The largest absolute Gasteiger partial charge is 0.333 e. The van der Waals surface area contributed by atoms with Crippen molar-refractivity contribution in [3.8, 4) is 0 Å². The number of hydrogen-bond donors (Lipinski definition) is 0. The highest BCUT2D eigenvalue weighted by Crippen LogP contribution is 2.21. The summed E-state index contributed by atoms with van der Waals surface area (Å²) in [5.41, 5.74) is 1.80. The Morgan fingerprint density at radius 2 is 1.62 bits per heavy atom. The van der Waals surface area contributed by atoms with Gasteiger partial charge in [0, 0.05) is 32.9 Å². The lowest BCUT2D eigenvalue weighted by Gasteiger charge is -2.22. The Kier molecular flexibility index (Phi) is 6.45. The zero-order chi connectivity index (χ0) is 15.2. The molecule has 0 radical (unpaired) electrons. The Morgan fingerprint density at radius 3 is 2.19 bits per heavy atom. The van der Waals surface area contributed by atoms with Gasteiger partial charge in [-0.3, -0.25) is 4.79 Å². The van der Waals surface area contributed by atoms with Crippen molar-refractivity contribution in [1.82, 2.24) is 4.90 Å². The van der Waals surface area contributed by atoms with Crippen LogP contribution < -0.4 is 0 Å². The van der Waals surface area contributed by atoms with Crippen LogP contribution in [0.25, 0.3) is 0 Å². The molecule has 0 aliphatic rings. The van der Waals surface area contributed by atoms with Gasteiger partial charge in [-0.25, -0.2) is 0 Å². The molecule has 2 aromatic carbocycles. The summed E-state index contributed by atoms with van der Waals surface area (Å²) in [6, 6.07) is 15.6. The molecule has 5 heteroatoms. The maximum absolute atomic E-state index is 12.7. The number of alkyl halides is 1. The number of nitrogens with zero attached hydrogens (tertiary/aromatic N) is 1. The fourth-order valence-corrected chi connectivity index (χ4v) is 3.74. The summed E-state index contributed by atoms with van der Waals surface area (Å²) in [5.74, 6) is 0.0281. The molecule has 2 nitrogen and oxygen atoms in total. The fraction of sp³-hybridized carbons (Fsp3) is 0.188. The van der Waals surface area contributed by atoms with Crippen LogP contribution in [0.3, 0.4) is 0 Å². The average Bonchev–Trinajstić information content (AvgIpc) is 2.46. The number of carbonyl (C=O) groups excluding carboxylic acids is 1. The number of benzene rings is 2. The first-order chi connectivity index (χ1) is 10.1. The Hall–Kier alpha value is -0.650. The molecule has 0 saturated carbocycles. The van der Waals surface area contributed by atoms with Crippen LogP contribution >= 0.6 is 47.8 Å². The smallest absolute Gasteiger partial charge is 0.254 e. The first-order valence-corrected chi connectivity index (χ1v) is 9.16. The fourth-order valence-electron chi connectivity index (χ4n) is 2.02. The highest BCUT2D eigenvalue weighted by Gasteiger charge is 2.16. The predicted molar refractivity (Wildman–Crippen MR) is 96.8 cm³/mol. The van der Waals surface area contributed by atoms with Gasteiger partial charge < -0.3 is 4.90 Å². The van der Waals surface area contributed by atoms with E-state index in [1.165, 1.54) is 0 Å². The molecule has 0 aliphatic carbocycles. The van der Waals surface area contributed by atoms with Crippen molar-refractivity contribution in [2.75, 3.05) is 11.9 Å². The molecular formula is C16H14Br3NO. The van der Waals surface area contributed by atoms with Crippen molar-refractivity contribution in [3.05, 3.63) is 68.6 Å². The molecule has 0 bridgehead atoms. The molecule has 0 atom stereocenters. The van der Waals surface area contributed by atoms with Gasteiger partial charge in [0.05, 0.1) is 0 Å². The minimum absolute atomic E-state index is 0.0281. The third kappa shape index (κ3) is 4.94. The van der Waals surface area contributed by atoms with Crippen LogP contribution in [0, 0.1) is 0 Å². The second kappa shape index (κ2) is 8.11. The lowest BCUT2D eigenvalue weighted by atomic mass is 10.1. The maximum atomic E-state index is 12.7. The number of hydrogen-bond acceptors (Lipinski definition) is 1. The molecule has 0 unspecified atom stereocenters. The van der Waals surface area contributed by atoms with Gasteiger partial charge in [0.25, 0.3) is 5.91 Å². The lowest BCUT2D eigenvalue weighted by Crippen LogP contribution is -2.32. The summed E-state index contributed by atoms with van der Waals surface area (Å²) < 4.78 is 1.78. The van der Waals surface area contributed by atoms with Crippen LogP contribution in [0.5, 0.6) is 0 Å². The van der Waals surface area contributed by atoms with Crippen molar-refractivity contribution in [2.24, 2.45) is 0 Å². The summed E-state index contributed by atoms with van der Waals surface area (Å²) in [4.78, 5) is 14.6. The highest BCUT2D eigenvalue weighted by molar-refractivity contribution is 9.11. The normalized spacial score (nSPS) is 10.4. The molecule has 0 heterocycles. The van der Waals surface area contributed by atoms with Gasteiger partial charge in [-0.05, 0) is 23.8 Å². The predicted octanol–water partition coefficient (Wildman–Crippen LogP) is 5.25. The second-order valence-corrected chi connectivity index (χ2v) is 7.18. The van der Waals surface area contributed by atoms with E-state index in [1.807, 2.05) is 53.4 Å². The molecule has 21 heavy (non-hydrogen) atoms. The number of carbonyl (C=O) groups is 1. The highest BCUT2D eigenvalue weighted by atomic mass is 79.9. The van der Waals surface area contributed by atoms with E-state index in [4.69, 9.17) is 0 Å². The third-order valence-corrected chi connectivity index (χ3v) is 4.24. The van der Waals surface area contributed by atoms with Gasteiger partial charge in [0.15, 0.2) is 0 Å². The SMILES string of the molecule is O=C(c1cc(Br)cc(Br)c1)N(CCBr)Cc1ccccc1. The van der Waals surface area contributed by atoms with Crippen molar-refractivity contribution < 1.29 is 4.79 Å². The molecule has 2 rings (SSSR count). The van der Waals surface area contributed by atoms with Crippen molar-refractivity contribution >= 4 is 53.7 Å². The van der Waals surface area contributed by atoms with Crippen LogP contribution in [-0.2, 0) is 6.54 Å². The van der Waals surface area contributed by atoms with Gasteiger partial charge in [0.1, 0.15) is 0 Å². The zero-order valence-corrected chi connectivity index (χ0v) is 16.0. The summed E-state index contributed by atoms with van der Waals surface area (Å²) in [5, 5.41) is 0.751. The Morgan fingerprint density at radius 1 is 1.00 bits per heavy atom. The quantitative estimate of drug-likeness (QED) is 0.541. The Labute approximate surface area is 149 Å². The van der Waals surface area contributed by atoms with Crippen LogP contribution in [0.1, 0.15) is 15.9 Å². The van der Waals surface area contributed by atoms with Crippen LogP contribution in [0.15, 0.2) is 57.5 Å². The van der Waals surface area contributed by atoms with Gasteiger partial charge in [-0.15, -0.1) is 0 Å². The molecule has 0 spiro atoms. The average molecular weight is 476 g/mol. The van der Waals surface area contributed by atoms with Crippen LogP contribution in [0.2, 0.25) is 0 Å². The van der Waals surface area contributed by atoms with E-state index in [-0.39, 0.29) is 5.91 Å². The molecule has 0 fully saturated rings. The van der Waals surface area contributed by atoms with E-state index in [0.717, 1.165) is 19.8 Å². The van der Waals surface area contributed by atoms with E-state index >= 15 is 0 Å². The summed E-state index contributed by atoms with van der Waals surface area (Å²) in [6.45, 7) is 1.27. The molecule has 0 aliphatic heterocycles. The standard InChI is InChI=1S/C16H14Br3NO/c17-6-7-20(11-12-4-2-1-3-5-12)16(21)13-8-14(18)10-15(19)9-13/h1-5,8-10H,6-7,11H2. The minimum Gasteiger partial charge on any atom is -0.333 e. The van der Waals surface area contributed by atoms with Gasteiger partial charge in [0.2, 0.25) is 0 Å². The molecule has 2 aromatic rings. The molecule has 0 aromatic heterocycles. The zero-order valence-electron chi connectivity index (χ0n) is 11.2. The first kappa shape index (κ1) is 16.7. The molecule has 110 valence electrons. The minimum atomic E-state index is 0.0281. The third-order valence-electron chi connectivity index (χ3n) is 2.97. The van der Waals surface area contributed by atoms with E-state index in [1.54, 1.807) is 0 Å². The number of amides is 1. The first-order valence-electron chi connectivity index (χ1n) is 6.45. The molecular weight excluding hydrogens is 462 g/mol. The summed E-state index contributed by atoms with van der Waals surface area (Å²) >= 11 is 10.3. The summed E-state index contributed by atoms with van der Waals surface area (Å²) in [7, 11) is 0. The summed E-state index contributed by atoms with van der Waals surface area (Å²) in [6.07, 6.45) is 0. The Bertz CT molecular complexity index is 596. The van der Waals surface area contributed by atoms with E-state index in [0.29, 0.717) is 18.7 Å². The molecule has 1 amide bonds. The van der Waals surface area contributed by atoms with E-state index in [2.05, 4.69) is 47.8 Å². The van der Waals surface area contributed by atoms with Crippen LogP contribution in [0.4, 0.5) is 0 Å². The lowest BCUT2D eigenvalue weighted by molar-refractivity contribution is 0.0754. The molecule has 0 saturated heterocycles. The van der Waals surface area contributed by atoms with Gasteiger partial charge in [-0.2, -0.15) is 0 Å². The second-order valence-electron chi connectivity index (χ2n) is 4.56. The van der Waals surface area contributed by atoms with Gasteiger partial charge >= 0.3 is 0 Å².